The molecular formula is C12H13NO2. The third-order valence-corrected chi connectivity index (χ3v) is 3.94. The van der Waals surface area contributed by atoms with E-state index in [2.05, 4.69) is 18.0 Å². The van der Waals surface area contributed by atoms with Crippen molar-refractivity contribution in [3.05, 3.63) is 24.3 Å². The average molecular weight is 203 g/mol. The number of carbonyl (C=O) groups is 2. The Balaban J connectivity index is 1.96. The first-order valence-electron chi connectivity index (χ1n) is 5.38. The molecule has 1 saturated carbocycles. The van der Waals surface area contributed by atoms with Gasteiger partial charge in [0.05, 0.1) is 11.8 Å². The standard InChI is InChI=1S/C12H13NO2/c1-2-3-6-4-7-5-8(6)10-9(7)11(14)13-12(10)15/h2,4,7-10H,1,3,5H2,(H,13,14,15). The van der Waals surface area contributed by atoms with Crippen molar-refractivity contribution in [3.63, 3.8) is 0 Å². The van der Waals surface area contributed by atoms with E-state index in [4.69, 9.17) is 0 Å². The Kier molecular flexibility index (Phi) is 1.67. The number of fused-ring (bicyclic) bond motifs is 5. The summed E-state index contributed by atoms with van der Waals surface area (Å²) in [6, 6.07) is 0. The van der Waals surface area contributed by atoms with E-state index in [1.54, 1.807) is 0 Å². The van der Waals surface area contributed by atoms with Crippen molar-refractivity contribution in [2.75, 3.05) is 0 Å². The fraction of sp³-hybridized carbons (Fsp3) is 0.500. The van der Waals surface area contributed by atoms with Crippen molar-refractivity contribution in [1.82, 2.24) is 5.32 Å². The van der Waals surface area contributed by atoms with E-state index in [9.17, 15) is 9.59 Å². The van der Waals surface area contributed by atoms with E-state index in [1.807, 2.05) is 6.08 Å². The average Bonchev–Trinajstić information content (AvgIpc) is 2.80. The molecule has 1 heterocycles. The highest BCUT2D eigenvalue weighted by Gasteiger charge is 2.57. The lowest BCUT2D eigenvalue weighted by Crippen LogP contribution is -2.25. The summed E-state index contributed by atoms with van der Waals surface area (Å²) in [6.45, 7) is 3.72. The predicted molar refractivity (Wildman–Crippen MR) is 54.6 cm³/mol. The highest BCUT2D eigenvalue weighted by Crippen LogP contribution is 2.54. The van der Waals surface area contributed by atoms with Crippen molar-refractivity contribution >= 4 is 11.8 Å². The number of nitrogens with one attached hydrogen (secondary N) is 1. The van der Waals surface area contributed by atoms with Crippen LogP contribution < -0.4 is 5.32 Å². The Morgan fingerprint density at radius 1 is 1.40 bits per heavy atom. The van der Waals surface area contributed by atoms with Crippen LogP contribution in [0.4, 0.5) is 0 Å². The molecule has 2 fully saturated rings. The number of amides is 2. The molecule has 0 aromatic carbocycles. The minimum atomic E-state index is -0.0811. The number of carbonyl (C=O) groups excluding carboxylic acids is 2. The van der Waals surface area contributed by atoms with Gasteiger partial charge in [0.2, 0.25) is 11.8 Å². The van der Waals surface area contributed by atoms with Crippen LogP contribution in [-0.4, -0.2) is 11.8 Å². The zero-order valence-corrected chi connectivity index (χ0v) is 8.40. The van der Waals surface area contributed by atoms with Crippen molar-refractivity contribution < 1.29 is 9.59 Å². The summed E-state index contributed by atoms with van der Waals surface area (Å²) in [5.41, 5.74) is 1.31. The van der Waals surface area contributed by atoms with Crippen LogP contribution in [0.2, 0.25) is 0 Å². The molecule has 0 aromatic rings. The molecule has 3 nitrogen and oxygen atoms in total. The van der Waals surface area contributed by atoms with Crippen LogP contribution in [0.1, 0.15) is 12.8 Å². The fourth-order valence-electron chi connectivity index (χ4n) is 3.43. The lowest BCUT2D eigenvalue weighted by molar-refractivity contribution is -0.126. The highest BCUT2D eigenvalue weighted by molar-refractivity contribution is 6.06. The van der Waals surface area contributed by atoms with Gasteiger partial charge in [0.15, 0.2) is 0 Å². The second-order valence-electron chi connectivity index (χ2n) is 4.65. The van der Waals surface area contributed by atoms with Crippen LogP contribution >= 0.6 is 0 Å². The summed E-state index contributed by atoms with van der Waals surface area (Å²) in [5.74, 6) is 0.308. The first-order chi connectivity index (χ1) is 7.22. The minimum absolute atomic E-state index is 0.0628. The molecular weight excluding hydrogens is 190 g/mol. The molecule has 4 atom stereocenters. The molecule has 3 heteroatoms. The molecule has 1 aliphatic heterocycles. The molecule has 4 unspecified atom stereocenters. The van der Waals surface area contributed by atoms with Crippen LogP contribution in [0.3, 0.4) is 0 Å². The van der Waals surface area contributed by atoms with Crippen LogP contribution in [0.25, 0.3) is 0 Å². The van der Waals surface area contributed by atoms with E-state index < -0.39 is 0 Å². The summed E-state index contributed by atoms with van der Waals surface area (Å²) in [4.78, 5) is 23.2. The van der Waals surface area contributed by atoms with Gasteiger partial charge in [-0.2, -0.15) is 0 Å². The molecule has 1 N–H and O–H groups in total. The second-order valence-corrected chi connectivity index (χ2v) is 4.65. The molecule has 0 radical (unpaired) electrons. The van der Waals surface area contributed by atoms with Crippen molar-refractivity contribution in [3.8, 4) is 0 Å². The maximum atomic E-state index is 11.6. The number of imide groups is 1. The summed E-state index contributed by atoms with van der Waals surface area (Å²) in [7, 11) is 0. The van der Waals surface area contributed by atoms with E-state index >= 15 is 0 Å². The Morgan fingerprint density at radius 2 is 2.13 bits per heavy atom. The Labute approximate surface area is 88.2 Å². The number of rotatable bonds is 2. The van der Waals surface area contributed by atoms with Gasteiger partial charge in [-0.3, -0.25) is 14.9 Å². The predicted octanol–water partition coefficient (Wildman–Crippen LogP) is 1.03. The quantitative estimate of drug-likeness (QED) is 0.538. The van der Waals surface area contributed by atoms with Gasteiger partial charge in [-0.1, -0.05) is 17.7 Å². The van der Waals surface area contributed by atoms with Crippen LogP contribution in [0.15, 0.2) is 24.3 Å². The second kappa shape index (κ2) is 2.81. The summed E-state index contributed by atoms with van der Waals surface area (Å²) < 4.78 is 0. The van der Waals surface area contributed by atoms with Crippen LogP contribution in [0, 0.1) is 23.7 Å². The van der Waals surface area contributed by atoms with Gasteiger partial charge in [-0.05, 0) is 24.7 Å². The number of hydrogen-bond donors (Lipinski definition) is 1. The van der Waals surface area contributed by atoms with E-state index in [-0.39, 0.29) is 23.7 Å². The van der Waals surface area contributed by atoms with Gasteiger partial charge in [-0.25, -0.2) is 0 Å². The lowest BCUT2D eigenvalue weighted by Gasteiger charge is -2.20. The van der Waals surface area contributed by atoms with E-state index in [0.29, 0.717) is 11.8 Å². The maximum Gasteiger partial charge on any atom is 0.231 e. The fourth-order valence-corrected chi connectivity index (χ4v) is 3.43. The highest BCUT2D eigenvalue weighted by atomic mass is 16.2. The number of hydrogen-bond acceptors (Lipinski definition) is 2. The third-order valence-electron chi connectivity index (χ3n) is 3.94. The van der Waals surface area contributed by atoms with E-state index in [1.165, 1.54) is 5.57 Å². The number of allylic oxidation sites excluding steroid dienone is 3. The van der Waals surface area contributed by atoms with Crippen molar-refractivity contribution in [1.29, 1.82) is 0 Å². The zero-order chi connectivity index (χ0) is 10.6. The van der Waals surface area contributed by atoms with Crippen LogP contribution in [0.5, 0.6) is 0 Å². The summed E-state index contributed by atoms with van der Waals surface area (Å²) in [6.07, 6.45) is 5.89. The molecule has 1 saturated heterocycles. The molecule has 2 bridgehead atoms. The smallest absolute Gasteiger partial charge is 0.231 e. The summed E-state index contributed by atoms with van der Waals surface area (Å²) >= 11 is 0. The van der Waals surface area contributed by atoms with Gasteiger partial charge < -0.3 is 0 Å². The Morgan fingerprint density at radius 3 is 2.87 bits per heavy atom. The summed E-state index contributed by atoms with van der Waals surface area (Å²) in [5, 5.41) is 2.45. The molecule has 78 valence electrons. The first-order valence-corrected chi connectivity index (χ1v) is 5.38. The maximum absolute atomic E-state index is 11.6. The molecule has 2 amide bonds. The largest absolute Gasteiger partial charge is 0.296 e. The van der Waals surface area contributed by atoms with Gasteiger partial charge >= 0.3 is 0 Å². The third kappa shape index (κ3) is 1.01. The topological polar surface area (TPSA) is 46.2 Å². The van der Waals surface area contributed by atoms with Gasteiger partial charge in [0.25, 0.3) is 0 Å². The van der Waals surface area contributed by atoms with Gasteiger partial charge in [0, 0.05) is 0 Å². The van der Waals surface area contributed by atoms with Gasteiger partial charge in [0.1, 0.15) is 0 Å². The lowest BCUT2D eigenvalue weighted by atomic mass is 9.80. The Hall–Kier alpha value is -1.38. The molecule has 0 aromatic heterocycles. The monoisotopic (exact) mass is 203 g/mol. The minimum Gasteiger partial charge on any atom is -0.296 e. The zero-order valence-electron chi connectivity index (χ0n) is 8.40. The van der Waals surface area contributed by atoms with Crippen LogP contribution in [-0.2, 0) is 9.59 Å². The molecule has 2 aliphatic carbocycles. The first kappa shape index (κ1) is 8.89. The molecule has 3 rings (SSSR count). The van der Waals surface area contributed by atoms with Gasteiger partial charge in [-0.15, -0.1) is 6.58 Å². The molecule has 15 heavy (non-hydrogen) atoms. The Bertz CT molecular complexity index is 396. The normalized spacial score (nSPS) is 41.5. The molecule has 0 spiro atoms. The molecule has 3 aliphatic rings. The van der Waals surface area contributed by atoms with Crippen molar-refractivity contribution in [2.45, 2.75) is 12.8 Å². The van der Waals surface area contributed by atoms with Crippen molar-refractivity contribution in [2.24, 2.45) is 23.7 Å². The SMILES string of the molecule is C=CCC1=CC2CC1C1C(=O)NC(=O)C21. The van der Waals surface area contributed by atoms with E-state index in [0.717, 1.165) is 12.8 Å².